The fourth-order valence-electron chi connectivity index (χ4n) is 2.54. The lowest BCUT2D eigenvalue weighted by atomic mass is 10.2. The summed E-state index contributed by atoms with van der Waals surface area (Å²) in [6.45, 7) is 4.07. The molecular formula is C20H14ClN3O2S. The van der Waals surface area contributed by atoms with Crippen molar-refractivity contribution in [2.24, 2.45) is 0 Å². The SMILES string of the molecule is C=CCOc1ccc(-c2nc3s/c(=C\c4ccccc4Cl)c(=O)n3n2)cc1. The molecule has 0 aliphatic carbocycles. The van der Waals surface area contributed by atoms with Gasteiger partial charge in [0.2, 0.25) is 4.96 Å². The Labute approximate surface area is 163 Å². The van der Waals surface area contributed by atoms with Crippen molar-refractivity contribution >= 4 is 34.0 Å². The highest BCUT2D eigenvalue weighted by molar-refractivity contribution is 7.15. The summed E-state index contributed by atoms with van der Waals surface area (Å²) in [4.78, 5) is 17.7. The molecule has 0 saturated carbocycles. The maximum Gasteiger partial charge on any atom is 0.291 e. The minimum Gasteiger partial charge on any atom is -0.490 e. The van der Waals surface area contributed by atoms with Gasteiger partial charge in [0.25, 0.3) is 5.56 Å². The first kappa shape index (κ1) is 17.5. The maximum atomic E-state index is 12.6. The first-order chi connectivity index (χ1) is 13.2. The Morgan fingerprint density at radius 2 is 1.96 bits per heavy atom. The van der Waals surface area contributed by atoms with Gasteiger partial charge in [0, 0.05) is 10.6 Å². The van der Waals surface area contributed by atoms with Crippen LogP contribution in [0.5, 0.6) is 5.75 Å². The van der Waals surface area contributed by atoms with Crippen molar-refractivity contribution in [3.05, 3.63) is 86.7 Å². The molecule has 0 atom stereocenters. The molecule has 4 aromatic rings. The van der Waals surface area contributed by atoms with E-state index in [9.17, 15) is 4.79 Å². The fourth-order valence-corrected chi connectivity index (χ4v) is 3.63. The Bertz CT molecular complexity index is 1230. The maximum absolute atomic E-state index is 12.6. The summed E-state index contributed by atoms with van der Waals surface area (Å²) in [5.41, 5.74) is 1.39. The molecule has 0 saturated heterocycles. The van der Waals surface area contributed by atoms with Crippen LogP contribution in [0, 0.1) is 0 Å². The van der Waals surface area contributed by atoms with Crippen LogP contribution >= 0.6 is 22.9 Å². The molecule has 0 N–H and O–H groups in total. The Balaban J connectivity index is 1.69. The molecule has 5 nitrogen and oxygen atoms in total. The first-order valence-corrected chi connectivity index (χ1v) is 9.35. The number of benzene rings is 2. The summed E-state index contributed by atoms with van der Waals surface area (Å²) in [5, 5.41) is 4.95. The Hall–Kier alpha value is -2.96. The molecule has 0 bridgehead atoms. The third-order valence-corrected chi connectivity index (χ3v) is 5.16. The van der Waals surface area contributed by atoms with Gasteiger partial charge in [-0.3, -0.25) is 4.79 Å². The average Bonchev–Trinajstić information content (AvgIpc) is 3.22. The van der Waals surface area contributed by atoms with Crippen LogP contribution in [0.2, 0.25) is 5.02 Å². The number of hydrogen-bond acceptors (Lipinski definition) is 5. The van der Waals surface area contributed by atoms with Gasteiger partial charge in [0.15, 0.2) is 5.82 Å². The number of nitrogens with zero attached hydrogens (tertiary/aromatic N) is 3. The smallest absolute Gasteiger partial charge is 0.291 e. The van der Waals surface area contributed by atoms with Crippen LogP contribution in [0.3, 0.4) is 0 Å². The highest BCUT2D eigenvalue weighted by Crippen LogP contribution is 2.21. The summed E-state index contributed by atoms with van der Waals surface area (Å²) in [5.74, 6) is 1.23. The number of aromatic nitrogens is 3. The van der Waals surface area contributed by atoms with Gasteiger partial charge < -0.3 is 4.74 Å². The minimum atomic E-state index is -0.209. The zero-order valence-electron chi connectivity index (χ0n) is 14.1. The Morgan fingerprint density at radius 1 is 1.19 bits per heavy atom. The molecular weight excluding hydrogens is 382 g/mol. The van der Waals surface area contributed by atoms with E-state index in [2.05, 4.69) is 16.7 Å². The second-order valence-corrected chi connectivity index (χ2v) is 7.11. The number of fused-ring (bicyclic) bond motifs is 1. The molecule has 0 amide bonds. The molecule has 27 heavy (non-hydrogen) atoms. The van der Waals surface area contributed by atoms with Crippen molar-refractivity contribution in [1.29, 1.82) is 0 Å². The predicted octanol–water partition coefficient (Wildman–Crippen LogP) is 3.58. The standard InChI is InChI=1S/C20H14ClN3O2S/c1-2-11-26-15-9-7-13(8-10-15)18-22-20-24(23-18)19(25)17(27-20)12-14-5-3-4-6-16(14)21/h2-10,12H,1,11H2/b17-12-. The van der Waals surface area contributed by atoms with E-state index in [1.54, 1.807) is 18.2 Å². The average molecular weight is 396 g/mol. The first-order valence-electron chi connectivity index (χ1n) is 8.15. The van der Waals surface area contributed by atoms with E-state index >= 15 is 0 Å². The fraction of sp³-hybridized carbons (Fsp3) is 0.0500. The Morgan fingerprint density at radius 3 is 2.67 bits per heavy atom. The number of halogens is 1. The lowest BCUT2D eigenvalue weighted by molar-refractivity contribution is 0.363. The van der Waals surface area contributed by atoms with Crippen molar-refractivity contribution in [3.63, 3.8) is 0 Å². The molecule has 0 spiro atoms. The van der Waals surface area contributed by atoms with E-state index in [-0.39, 0.29) is 5.56 Å². The van der Waals surface area contributed by atoms with Gasteiger partial charge in [-0.25, -0.2) is 0 Å². The van der Waals surface area contributed by atoms with E-state index in [0.717, 1.165) is 16.9 Å². The predicted molar refractivity (Wildman–Crippen MR) is 108 cm³/mol. The third-order valence-electron chi connectivity index (χ3n) is 3.85. The van der Waals surface area contributed by atoms with Gasteiger partial charge in [-0.2, -0.15) is 9.50 Å². The van der Waals surface area contributed by atoms with Crippen LogP contribution in [0.15, 0.2) is 66.0 Å². The van der Waals surface area contributed by atoms with Crippen molar-refractivity contribution in [2.45, 2.75) is 0 Å². The minimum absolute atomic E-state index is 0.209. The zero-order valence-corrected chi connectivity index (χ0v) is 15.7. The van der Waals surface area contributed by atoms with Crippen LogP contribution in [0.4, 0.5) is 0 Å². The zero-order chi connectivity index (χ0) is 18.8. The number of rotatable bonds is 5. The van der Waals surface area contributed by atoms with Crippen molar-refractivity contribution in [3.8, 4) is 17.1 Å². The summed E-state index contributed by atoms with van der Waals surface area (Å²) in [6, 6.07) is 14.8. The van der Waals surface area contributed by atoms with E-state index < -0.39 is 0 Å². The van der Waals surface area contributed by atoms with Gasteiger partial charge in [-0.1, -0.05) is 53.8 Å². The molecule has 2 heterocycles. The normalized spacial score (nSPS) is 11.8. The molecule has 7 heteroatoms. The Kier molecular flexibility index (Phi) is 4.75. The lowest BCUT2D eigenvalue weighted by Crippen LogP contribution is -2.23. The summed E-state index contributed by atoms with van der Waals surface area (Å²) in [7, 11) is 0. The van der Waals surface area contributed by atoms with Crippen molar-refractivity contribution in [2.75, 3.05) is 6.61 Å². The largest absolute Gasteiger partial charge is 0.490 e. The monoisotopic (exact) mass is 395 g/mol. The van der Waals surface area contributed by atoms with Crippen molar-refractivity contribution in [1.82, 2.24) is 14.6 Å². The summed E-state index contributed by atoms with van der Waals surface area (Å²) < 4.78 is 7.33. The molecule has 134 valence electrons. The molecule has 0 aliphatic heterocycles. The van der Waals surface area contributed by atoms with Crippen LogP contribution < -0.4 is 14.8 Å². The number of thiazole rings is 1. The lowest BCUT2D eigenvalue weighted by Gasteiger charge is -2.02. The van der Waals surface area contributed by atoms with Gasteiger partial charge in [0.1, 0.15) is 12.4 Å². The highest BCUT2D eigenvalue weighted by atomic mass is 35.5. The molecule has 2 aromatic carbocycles. The second-order valence-electron chi connectivity index (χ2n) is 5.69. The van der Waals surface area contributed by atoms with Crippen LogP contribution in [0.25, 0.3) is 22.4 Å². The summed E-state index contributed by atoms with van der Waals surface area (Å²) >= 11 is 7.45. The molecule has 0 aliphatic rings. The van der Waals surface area contributed by atoms with E-state index in [0.29, 0.717) is 26.9 Å². The molecule has 0 fully saturated rings. The van der Waals surface area contributed by atoms with E-state index in [1.807, 2.05) is 42.5 Å². The molecule has 4 rings (SSSR count). The number of hydrogen-bond donors (Lipinski definition) is 0. The second kappa shape index (κ2) is 7.34. The van der Waals surface area contributed by atoms with Gasteiger partial charge in [-0.05, 0) is 42.0 Å². The van der Waals surface area contributed by atoms with Crippen LogP contribution in [0.1, 0.15) is 5.56 Å². The number of ether oxygens (including phenoxy) is 1. The van der Waals surface area contributed by atoms with E-state index in [1.165, 1.54) is 15.9 Å². The topological polar surface area (TPSA) is 56.5 Å². The van der Waals surface area contributed by atoms with E-state index in [4.69, 9.17) is 16.3 Å². The van der Waals surface area contributed by atoms with Crippen LogP contribution in [-0.4, -0.2) is 21.2 Å². The third kappa shape index (κ3) is 3.49. The van der Waals surface area contributed by atoms with Crippen molar-refractivity contribution < 1.29 is 4.74 Å². The molecule has 0 unspecified atom stereocenters. The van der Waals surface area contributed by atoms with Crippen LogP contribution in [-0.2, 0) is 0 Å². The quantitative estimate of drug-likeness (QED) is 0.485. The van der Waals surface area contributed by atoms with Gasteiger partial charge in [0.05, 0.1) is 4.53 Å². The highest BCUT2D eigenvalue weighted by Gasteiger charge is 2.12. The van der Waals surface area contributed by atoms with Gasteiger partial charge >= 0.3 is 0 Å². The summed E-state index contributed by atoms with van der Waals surface area (Å²) in [6.07, 6.45) is 3.45. The molecule has 0 radical (unpaired) electrons. The molecule has 2 aromatic heterocycles. The van der Waals surface area contributed by atoms with Gasteiger partial charge in [-0.15, -0.1) is 5.10 Å².